The summed E-state index contributed by atoms with van der Waals surface area (Å²) in [7, 11) is 0. The van der Waals surface area contributed by atoms with Gasteiger partial charge in [-0.3, -0.25) is 4.79 Å². The summed E-state index contributed by atoms with van der Waals surface area (Å²) in [6, 6.07) is 4.08. The highest BCUT2D eigenvalue weighted by Gasteiger charge is 2.26. The molecule has 1 aliphatic heterocycles. The molecule has 28 heavy (non-hydrogen) atoms. The average Bonchev–Trinajstić information content (AvgIpc) is 3.15. The molecule has 1 aromatic rings. The van der Waals surface area contributed by atoms with E-state index in [1.54, 1.807) is 6.07 Å². The Hall–Kier alpha value is -1.51. The van der Waals surface area contributed by atoms with Crippen molar-refractivity contribution in [1.82, 2.24) is 15.5 Å². The van der Waals surface area contributed by atoms with Crippen molar-refractivity contribution in [1.29, 1.82) is 0 Å². The lowest BCUT2D eigenvalue weighted by Gasteiger charge is -2.21. The Morgan fingerprint density at radius 3 is 2.82 bits per heavy atom. The molecule has 0 bridgehead atoms. The van der Waals surface area contributed by atoms with E-state index in [4.69, 9.17) is 4.99 Å². The molecule has 3 rings (SSSR count). The Morgan fingerprint density at radius 2 is 2.07 bits per heavy atom. The highest BCUT2D eigenvalue weighted by atomic mass is 127. The number of fused-ring (bicyclic) bond motifs is 1. The smallest absolute Gasteiger partial charge is 0.222 e. The number of guanidine groups is 1. The highest BCUT2D eigenvalue weighted by molar-refractivity contribution is 14.0. The molecule has 1 heterocycles. The van der Waals surface area contributed by atoms with Gasteiger partial charge in [-0.05, 0) is 56.2 Å². The zero-order valence-corrected chi connectivity index (χ0v) is 19.3. The molecule has 1 saturated heterocycles. The van der Waals surface area contributed by atoms with E-state index >= 15 is 0 Å². The topological polar surface area (TPSA) is 77.0 Å². The third-order valence-corrected chi connectivity index (χ3v) is 5.55. The Kier molecular flexibility index (Phi) is 8.85. The van der Waals surface area contributed by atoms with Crippen molar-refractivity contribution < 1.29 is 9.90 Å². The number of rotatable bonds is 5. The third-order valence-electron chi connectivity index (χ3n) is 5.55. The SMILES string of the molecule is CCNC(=NCc1c(O)ccc2c1CCCC2)NC1CCN(C(=O)CC)C1.I. The van der Waals surface area contributed by atoms with Crippen LogP contribution in [0.1, 0.15) is 56.2 Å². The summed E-state index contributed by atoms with van der Waals surface area (Å²) in [4.78, 5) is 18.5. The minimum absolute atomic E-state index is 0. The Labute approximate surface area is 185 Å². The summed E-state index contributed by atoms with van der Waals surface area (Å²) >= 11 is 0. The van der Waals surface area contributed by atoms with Crippen LogP contribution in [-0.2, 0) is 24.2 Å². The van der Waals surface area contributed by atoms with E-state index in [-0.39, 0.29) is 35.9 Å². The summed E-state index contributed by atoms with van der Waals surface area (Å²) in [5.41, 5.74) is 3.59. The normalized spacial score (nSPS) is 19.0. The molecule has 1 unspecified atom stereocenters. The molecule has 7 heteroatoms. The van der Waals surface area contributed by atoms with Gasteiger partial charge in [0, 0.05) is 37.7 Å². The second-order valence-corrected chi connectivity index (χ2v) is 7.43. The first-order chi connectivity index (χ1) is 13.1. The van der Waals surface area contributed by atoms with E-state index in [0.717, 1.165) is 50.4 Å². The predicted octanol–water partition coefficient (Wildman–Crippen LogP) is 2.96. The molecule has 1 aromatic carbocycles. The van der Waals surface area contributed by atoms with Gasteiger partial charge in [0.05, 0.1) is 6.54 Å². The number of nitrogens with zero attached hydrogens (tertiary/aromatic N) is 2. The van der Waals surface area contributed by atoms with Gasteiger partial charge in [-0.15, -0.1) is 24.0 Å². The third kappa shape index (κ3) is 5.52. The number of halogens is 1. The van der Waals surface area contributed by atoms with Crippen molar-refractivity contribution in [3.05, 3.63) is 28.8 Å². The zero-order chi connectivity index (χ0) is 19.2. The molecule has 1 atom stereocenters. The fraction of sp³-hybridized carbons (Fsp3) is 0.619. The number of hydrogen-bond donors (Lipinski definition) is 3. The van der Waals surface area contributed by atoms with Crippen LogP contribution in [0.5, 0.6) is 5.75 Å². The van der Waals surface area contributed by atoms with Gasteiger partial charge in [-0.1, -0.05) is 13.0 Å². The van der Waals surface area contributed by atoms with E-state index in [1.807, 2.05) is 18.7 Å². The lowest BCUT2D eigenvalue weighted by atomic mass is 9.88. The van der Waals surface area contributed by atoms with E-state index in [2.05, 4.69) is 16.7 Å². The fourth-order valence-electron chi connectivity index (χ4n) is 4.07. The van der Waals surface area contributed by atoms with Crippen LogP contribution in [0.4, 0.5) is 0 Å². The number of carbonyl (C=O) groups is 1. The molecule has 6 nitrogen and oxygen atoms in total. The van der Waals surface area contributed by atoms with Gasteiger partial charge in [0.2, 0.25) is 5.91 Å². The van der Waals surface area contributed by atoms with Crippen LogP contribution >= 0.6 is 24.0 Å². The highest BCUT2D eigenvalue weighted by Crippen LogP contribution is 2.31. The van der Waals surface area contributed by atoms with Gasteiger partial charge in [0.1, 0.15) is 5.75 Å². The number of benzene rings is 1. The first-order valence-corrected chi connectivity index (χ1v) is 10.3. The van der Waals surface area contributed by atoms with Crippen LogP contribution in [0, 0.1) is 0 Å². The molecule has 1 aliphatic carbocycles. The second kappa shape index (κ2) is 10.9. The number of phenolic OH excluding ortho intramolecular Hbond substituents is 1. The summed E-state index contributed by atoms with van der Waals surface area (Å²) in [5.74, 6) is 1.30. The standard InChI is InChI=1S/C21H32N4O2.HI/c1-3-20(27)25-12-11-16(14-25)24-21(22-4-2)23-13-18-17-8-6-5-7-15(17)9-10-19(18)26;/h9-10,16,26H,3-8,11-14H2,1-2H3,(H2,22,23,24);1H. The maximum atomic E-state index is 11.9. The molecule has 0 radical (unpaired) electrons. The number of carbonyl (C=O) groups excluding carboxylic acids is 1. The number of aliphatic imine (C=N–C) groups is 1. The van der Waals surface area contributed by atoms with Crippen LogP contribution in [0.2, 0.25) is 0 Å². The number of likely N-dealkylation sites (tertiary alicyclic amines) is 1. The zero-order valence-electron chi connectivity index (χ0n) is 17.0. The van der Waals surface area contributed by atoms with Crippen molar-refractivity contribution >= 4 is 35.8 Å². The van der Waals surface area contributed by atoms with E-state index in [9.17, 15) is 9.90 Å². The number of nitrogens with one attached hydrogen (secondary N) is 2. The predicted molar refractivity (Wildman–Crippen MR) is 123 cm³/mol. The van der Waals surface area contributed by atoms with Gasteiger partial charge in [-0.25, -0.2) is 4.99 Å². The van der Waals surface area contributed by atoms with Gasteiger partial charge in [0.15, 0.2) is 5.96 Å². The summed E-state index contributed by atoms with van der Waals surface area (Å²) in [6.07, 6.45) is 6.00. The van der Waals surface area contributed by atoms with Gasteiger partial charge in [-0.2, -0.15) is 0 Å². The Balaban J connectivity index is 0.00000280. The van der Waals surface area contributed by atoms with Gasteiger partial charge < -0.3 is 20.6 Å². The van der Waals surface area contributed by atoms with E-state index in [0.29, 0.717) is 18.7 Å². The maximum Gasteiger partial charge on any atom is 0.222 e. The first kappa shape index (κ1) is 22.8. The van der Waals surface area contributed by atoms with Crippen LogP contribution < -0.4 is 10.6 Å². The fourth-order valence-corrected chi connectivity index (χ4v) is 4.07. The molecule has 0 saturated carbocycles. The lowest BCUT2D eigenvalue weighted by molar-refractivity contribution is -0.129. The van der Waals surface area contributed by atoms with Crippen LogP contribution in [0.3, 0.4) is 0 Å². The molecule has 2 aliphatic rings. The number of aryl methyl sites for hydroxylation is 1. The number of hydrogen-bond acceptors (Lipinski definition) is 3. The number of amides is 1. The molecule has 0 aromatic heterocycles. The minimum atomic E-state index is 0. The van der Waals surface area contributed by atoms with Crippen molar-refractivity contribution in [2.45, 2.75) is 65.0 Å². The molecular weight excluding hydrogens is 467 g/mol. The monoisotopic (exact) mass is 500 g/mol. The number of aromatic hydroxyl groups is 1. The van der Waals surface area contributed by atoms with Gasteiger partial charge >= 0.3 is 0 Å². The quantitative estimate of drug-likeness (QED) is 0.330. The van der Waals surface area contributed by atoms with Crippen LogP contribution in [0.25, 0.3) is 0 Å². The largest absolute Gasteiger partial charge is 0.508 e. The molecule has 1 fully saturated rings. The summed E-state index contributed by atoms with van der Waals surface area (Å²) in [5, 5.41) is 17.1. The van der Waals surface area contributed by atoms with Crippen molar-refractivity contribution in [2.75, 3.05) is 19.6 Å². The first-order valence-electron chi connectivity index (χ1n) is 10.3. The average molecular weight is 500 g/mol. The minimum Gasteiger partial charge on any atom is -0.508 e. The molecule has 156 valence electrons. The van der Waals surface area contributed by atoms with Crippen molar-refractivity contribution in [3.63, 3.8) is 0 Å². The molecule has 3 N–H and O–H groups in total. The second-order valence-electron chi connectivity index (χ2n) is 7.43. The molecule has 1 amide bonds. The maximum absolute atomic E-state index is 11.9. The number of phenols is 1. The van der Waals surface area contributed by atoms with Gasteiger partial charge in [0.25, 0.3) is 0 Å². The lowest BCUT2D eigenvalue weighted by Crippen LogP contribution is -2.45. The van der Waals surface area contributed by atoms with Crippen LogP contribution in [0.15, 0.2) is 17.1 Å². The van der Waals surface area contributed by atoms with E-state index in [1.165, 1.54) is 24.0 Å². The Bertz CT molecular complexity index is 708. The molecular formula is C21H33IN4O2. The van der Waals surface area contributed by atoms with Crippen molar-refractivity contribution in [2.24, 2.45) is 4.99 Å². The van der Waals surface area contributed by atoms with E-state index < -0.39 is 0 Å². The Morgan fingerprint density at radius 1 is 1.29 bits per heavy atom. The molecule has 0 spiro atoms. The summed E-state index contributed by atoms with van der Waals surface area (Å²) < 4.78 is 0. The van der Waals surface area contributed by atoms with Crippen molar-refractivity contribution in [3.8, 4) is 5.75 Å². The summed E-state index contributed by atoms with van der Waals surface area (Å²) in [6.45, 7) is 6.71. The van der Waals surface area contributed by atoms with Crippen LogP contribution in [-0.4, -0.2) is 47.5 Å².